The zero-order valence-electron chi connectivity index (χ0n) is 15.6. The summed E-state index contributed by atoms with van der Waals surface area (Å²) in [7, 11) is 0. The molecule has 138 valence electrons. The number of hydrogen-bond acceptors (Lipinski definition) is 4. The smallest absolute Gasteiger partial charge is 0.256 e. The Kier molecular flexibility index (Phi) is 6.05. The average Bonchev–Trinajstić information content (AvgIpc) is 2.72. The quantitative estimate of drug-likeness (QED) is 0.628. The van der Waals surface area contributed by atoms with E-state index in [1.807, 2.05) is 24.3 Å². The van der Waals surface area contributed by atoms with E-state index in [1.165, 1.54) is 5.69 Å². The van der Waals surface area contributed by atoms with E-state index in [0.717, 1.165) is 24.5 Å². The first-order valence-electron chi connectivity index (χ1n) is 9.14. The zero-order valence-corrected chi connectivity index (χ0v) is 15.6. The number of pyridine rings is 1. The predicted octanol–water partition coefficient (Wildman–Crippen LogP) is 4.92. The Bertz CT molecular complexity index is 857. The van der Waals surface area contributed by atoms with Crippen LogP contribution in [0, 0.1) is 0 Å². The summed E-state index contributed by atoms with van der Waals surface area (Å²) >= 11 is 0. The van der Waals surface area contributed by atoms with Gasteiger partial charge in [-0.2, -0.15) is 0 Å². The lowest BCUT2D eigenvalue weighted by Crippen LogP contribution is -2.21. The van der Waals surface area contributed by atoms with Gasteiger partial charge in [0, 0.05) is 30.0 Å². The van der Waals surface area contributed by atoms with Crippen molar-refractivity contribution in [1.82, 2.24) is 4.98 Å². The molecule has 27 heavy (non-hydrogen) atoms. The van der Waals surface area contributed by atoms with Crippen LogP contribution in [0.15, 0.2) is 72.9 Å². The summed E-state index contributed by atoms with van der Waals surface area (Å²) in [6.07, 6.45) is 1.71. The molecule has 0 bridgehead atoms. The number of nitrogens with zero attached hydrogens (tertiary/aromatic N) is 2. The number of nitrogens with one attached hydrogen (secondary N) is 2. The summed E-state index contributed by atoms with van der Waals surface area (Å²) in [5.74, 6) is 0.349. The summed E-state index contributed by atoms with van der Waals surface area (Å²) in [6.45, 7) is 6.28. The van der Waals surface area contributed by atoms with Gasteiger partial charge in [0.25, 0.3) is 5.91 Å². The number of rotatable bonds is 7. The van der Waals surface area contributed by atoms with Crippen LogP contribution in [0.1, 0.15) is 24.2 Å². The van der Waals surface area contributed by atoms with Crippen LogP contribution in [0.25, 0.3) is 0 Å². The van der Waals surface area contributed by atoms with Crippen LogP contribution in [0.5, 0.6) is 0 Å². The van der Waals surface area contributed by atoms with E-state index >= 15 is 0 Å². The van der Waals surface area contributed by atoms with Gasteiger partial charge in [-0.05, 0) is 62.4 Å². The van der Waals surface area contributed by atoms with Crippen molar-refractivity contribution in [3.05, 3.63) is 78.5 Å². The maximum absolute atomic E-state index is 12.2. The van der Waals surface area contributed by atoms with E-state index in [9.17, 15) is 4.79 Å². The minimum atomic E-state index is -0.171. The van der Waals surface area contributed by atoms with Crippen LogP contribution < -0.4 is 15.5 Å². The lowest BCUT2D eigenvalue weighted by molar-refractivity contribution is 0.102. The van der Waals surface area contributed by atoms with Gasteiger partial charge in [0.15, 0.2) is 0 Å². The third kappa shape index (κ3) is 4.85. The lowest BCUT2D eigenvalue weighted by Gasteiger charge is -2.21. The van der Waals surface area contributed by atoms with Gasteiger partial charge in [-0.25, -0.2) is 4.98 Å². The molecule has 0 aliphatic carbocycles. The first-order chi connectivity index (χ1) is 13.2. The molecule has 5 nitrogen and oxygen atoms in total. The molecule has 1 heterocycles. The average molecular weight is 360 g/mol. The van der Waals surface area contributed by atoms with Crippen LogP contribution in [-0.4, -0.2) is 24.0 Å². The van der Waals surface area contributed by atoms with E-state index < -0.39 is 0 Å². The van der Waals surface area contributed by atoms with E-state index in [0.29, 0.717) is 11.4 Å². The SMILES string of the molecule is CCN(CC)c1ccc(Nc2ccc(NC(=O)c3ccccc3)nc2)cc1. The highest BCUT2D eigenvalue weighted by atomic mass is 16.1. The minimum absolute atomic E-state index is 0.171. The van der Waals surface area contributed by atoms with E-state index in [1.54, 1.807) is 24.4 Å². The monoisotopic (exact) mass is 360 g/mol. The van der Waals surface area contributed by atoms with Gasteiger partial charge in [0.1, 0.15) is 5.82 Å². The molecule has 0 unspecified atom stereocenters. The zero-order chi connectivity index (χ0) is 19.1. The Hall–Kier alpha value is -3.34. The largest absolute Gasteiger partial charge is 0.372 e. The lowest BCUT2D eigenvalue weighted by atomic mass is 10.2. The molecule has 1 aromatic heterocycles. The molecule has 3 aromatic rings. The molecule has 5 heteroatoms. The van der Waals surface area contributed by atoms with Gasteiger partial charge in [0.05, 0.1) is 11.9 Å². The van der Waals surface area contributed by atoms with Crippen LogP contribution in [0.3, 0.4) is 0 Å². The van der Waals surface area contributed by atoms with Crippen molar-refractivity contribution in [1.29, 1.82) is 0 Å². The van der Waals surface area contributed by atoms with Crippen molar-refractivity contribution in [2.75, 3.05) is 28.6 Å². The second-order valence-electron chi connectivity index (χ2n) is 6.10. The number of aromatic nitrogens is 1. The van der Waals surface area contributed by atoms with Crippen molar-refractivity contribution in [3.63, 3.8) is 0 Å². The third-order valence-corrected chi connectivity index (χ3v) is 4.33. The van der Waals surface area contributed by atoms with Crippen molar-refractivity contribution in [3.8, 4) is 0 Å². The topological polar surface area (TPSA) is 57.3 Å². The Morgan fingerprint density at radius 2 is 1.56 bits per heavy atom. The van der Waals surface area contributed by atoms with Gasteiger partial charge in [-0.15, -0.1) is 0 Å². The molecule has 0 aliphatic rings. The van der Waals surface area contributed by atoms with E-state index in [4.69, 9.17) is 0 Å². The van der Waals surface area contributed by atoms with Gasteiger partial charge >= 0.3 is 0 Å². The molecule has 2 aromatic carbocycles. The van der Waals surface area contributed by atoms with E-state index in [-0.39, 0.29) is 5.91 Å². The van der Waals surface area contributed by atoms with Gasteiger partial charge in [-0.3, -0.25) is 4.79 Å². The summed E-state index contributed by atoms with van der Waals surface area (Å²) in [4.78, 5) is 18.8. The van der Waals surface area contributed by atoms with Crippen molar-refractivity contribution in [2.45, 2.75) is 13.8 Å². The van der Waals surface area contributed by atoms with Crippen molar-refractivity contribution < 1.29 is 4.79 Å². The fourth-order valence-corrected chi connectivity index (χ4v) is 2.83. The molecule has 1 amide bonds. The summed E-state index contributed by atoms with van der Waals surface area (Å²) in [6, 6.07) is 21.1. The Balaban J connectivity index is 1.61. The molecule has 2 N–H and O–H groups in total. The fourth-order valence-electron chi connectivity index (χ4n) is 2.83. The molecule has 0 aliphatic heterocycles. The van der Waals surface area contributed by atoms with Crippen molar-refractivity contribution >= 4 is 28.8 Å². The Morgan fingerprint density at radius 3 is 2.15 bits per heavy atom. The number of amides is 1. The van der Waals surface area contributed by atoms with Crippen molar-refractivity contribution in [2.24, 2.45) is 0 Å². The van der Waals surface area contributed by atoms with Crippen LogP contribution in [0.4, 0.5) is 22.9 Å². The number of carbonyl (C=O) groups is 1. The van der Waals surface area contributed by atoms with Gasteiger partial charge in [0.2, 0.25) is 0 Å². The maximum atomic E-state index is 12.2. The molecular weight excluding hydrogens is 336 g/mol. The Morgan fingerprint density at radius 1 is 0.889 bits per heavy atom. The number of hydrogen-bond donors (Lipinski definition) is 2. The summed E-state index contributed by atoms with van der Waals surface area (Å²) in [5, 5.41) is 6.12. The highest BCUT2D eigenvalue weighted by molar-refractivity contribution is 6.03. The standard InChI is InChI=1S/C22H24N4O/c1-3-26(4-2)20-13-10-18(11-14-20)24-19-12-15-21(23-16-19)25-22(27)17-8-6-5-7-9-17/h5-16,24H,3-4H2,1-2H3,(H,23,25,27). The Labute approximate surface area is 160 Å². The predicted molar refractivity (Wildman–Crippen MR) is 112 cm³/mol. The molecule has 0 spiro atoms. The summed E-state index contributed by atoms with van der Waals surface area (Å²) < 4.78 is 0. The number of anilines is 4. The maximum Gasteiger partial charge on any atom is 0.256 e. The van der Waals surface area contributed by atoms with Crippen LogP contribution >= 0.6 is 0 Å². The molecule has 0 fully saturated rings. The molecule has 0 atom stereocenters. The second-order valence-corrected chi connectivity index (χ2v) is 6.10. The molecule has 3 rings (SSSR count). The van der Waals surface area contributed by atoms with E-state index in [2.05, 4.69) is 58.6 Å². The van der Waals surface area contributed by atoms with Crippen LogP contribution in [0.2, 0.25) is 0 Å². The molecule has 0 saturated heterocycles. The number of benzene rings is 2. The second kappa shape index (κ2) is 8.85. The molecular formula is C22H24N4O. The first-order valence-corrected chi connectivity index (χ1v) is 9.14. The highest BCUT2D eigenvalue weighted by Gasteiger charge is 2.06. The first kappa shape index (κ1) is 18.5. The fraction of sp³-hybridized carbons (Fsp3) is 0.182. The highest BCUT2D eigenvalue weighted by Crippen LogP contribution is 2.21. The van der Waals surface area contributed by atoms with Gasteiger partial charge < -0.3 is 15.5 Å². The van der Waals surface area contributed by atoms with Crippen LogP contribution in [-0.2, 0) is 0 Å². The molecule has 0 saturated carbocycles. The normalized spacial score (nSPS) is 10.3. The minimum Gasteiger partial charge on any atom is -0.372 e. The number of carbonyl (C=O) groups excluding carboxylic acids is 1. The van der Waals surface area contributed by atoms with Gasteiger partial charge in [-0.1, -0.05) is 18.2 Å². The third-order valence-electron chi connectivity index (χ3n) is 4.33. The summed E-state index contributed by atoms with van der Waals surface area (Å²) in [5.41, 5.74) is 3.68. The molecule has 0 radical (unpaired) electrons.